The molecule has 1 unspecified atom stereocenters. The number of nitrogens with zero attached hydrogens (tertiary/aromatic N) is 1. The van der Waals surface area contributed by atoms with Gasteiger partial charge in [0.25, 0.3) is 0 Å². The Labute approximate surface area is 85.4 Å². The standard InChI is InChI=1S/C11H19NO2/c1-3-8-12(10-5-6-10)11(14)7-4-9(2)13/h3,9-10,13H,1,4-8H2,2H3. The number of hydrogen-bond acceptors (Lipinski definition) is 2. The fourth-order valence-corrected chi connectivity index (χ4v) is 1.46. The third-order valence-electron chi connectivity index (χ3n) is 2.41. The summed E-state index contributed by atoms with van der Waals surface area (Å²) in [4.78, 5) is 13.6. The van der Waals surface area contributed by atoms with Crippen LogP contribution < -0.4 is 0 Å². The summed E-state index contributed by atoms with van der Waals surface area (Å²) in [6.07, 6.45) is 4.62. The highest BCUT2D eigenvalue weighted by Crippen LogP contribution is 2.27. The summed E-state index contributed by atoms with van der Waals surface area (Å²) in [6, 6.07) is 0.439. The van der Waals surface area contributed by atoms with Crippen LogP contribution in [0.15, 0.2) is 12.7 Å². The molecule has 1 rings (SSSR count). The molecular formula is C11H19NO2. The number of hydrogen-bond donors (Lipinski definition) is 1. The Balaban J connectivity index is 2.34. The quantitative estimate of drug-likeness (QED) is 0.652. The average Bonchev–Trinajstić information content (AvgIpc) is 2.93. The fourth-order valence-electron chi connectivity index (χ4n) is 1.46. The summed E-state index contributed by atoms with van der Waals surface area (Å²) in [6.45, 7) is 6.00. The first-order valence-corrected chi connectivity index (χ1v) is 5.23. The highest BCUT2D eigenvalue weighted by molar-refractivity contribution is 5.77. The summed E-state index contributed by atoms with van der Waals surface area (Å²) in [7, 11) is 0. The fraction of sp³-hybridized carbons (Fsp3) is 0.727. The van der Waals surface area contributed by atoms with Gasteiger partial charge in [0.1, 0.15) is 0 Å². The zero-order valence-electron chi connectivity index (χ0n) is 8.78. The second-order valence-electron chi connectivity index (χ2n) is 3.95. The van der Waals surface area contributed by atoms with E-state index in [1.165, 1.54) is 0 Å². The van der Waals surface area contributed by atoms with Crippen LogP contribution in [0.1, 0.15) is 32.6 Å². The van der Waals surface area contributed by atoms with Gasteiger partial charge in [-0.3, -0.25) is 4.79 Å². The van der Waals surface area contributed by atoms with E-state index >= 15 is 0 Å². The minimum Gasteiger partial charge on any atom is -0.393 e. The van der Waals surface area contributed by atoms with Crippen molar-refractivity contribution in [2.45, 2.75) is 44.8 Å². The molecule has 0 bridgehead atoms. The molecule has 0 spiro atoms. The van der Waals surface area contributed by atoms with Crippen LogP contribution >= 0.6 is 0 Å². The van der Waals surface area contributed by atoms with Gasteiger partial charge in [-0.05, 0) is 26.2 Å². The van der Waals surface area contributed by atoms with Gasteiger partial charge in [0.15, 0.2) is 0 Å². The normalized spacial score (nSPS) is 17.6. The third-order valence-corrected chi connectivity index (χ3v) is 2.41. The van der Waals surface area contributed by atoms with Crippen LogP contribution in [0.4, 0.5) is 0 Å². The lowest BCUT2D eigenvalue weighted by Gasteiger charge is -2.20. The number of aliphatic hydroxyl groups excluding tert-OH is 1. The lowest BCUT2D eigenvalue weighted by Crippen LogP contribution is -2.33. The van der Waals surface area contributed by atoms with Gasteiger partial charge in [0.05, 0.1) is 6.10 Å². The minimum absolute atomic E-state index is 0.147. The molecule has 1 aliphatic carbocycles. The Morgan fingerprint density at radius 1 is 1.71 bits per heavy atom. The zero-order valence-corrected chi connectivity index (χ0v) is 8.78. The number of aliphatic hydroxyl groups is 1. The largest absolute Gasteiger partial charge is 0.393 e. The molecule has 1 fully saturated rings. The Morgan fingerprint density at radius 3 is 2.79 bits per heavy atom. The van der Waals surface area contributed by atoms with E-state index in [1.807, 2.05) is 4.90 Å². The van der Waals surface area contributed by atoms with Crippen molar-refractivity contribution in [2.75, 3.05) is 6.54 Å². The van der Waals surface area contributed by atoms with Gasteiger partial charge in [-0.1, -0.05) is 6.08 Å². The van der Waals surface area contributed by atoms with Crippen LogP contribution in [0.5, 0.6) is 0 Å². The SMILES string of the molecule is C=CCN(C(=O)CCC(C)O)C1CC1. The van der Waals surface area contributed by atoms with E-state index in [9.17, 15) is 4.79 Å². The molecule has 1 atom stereocenters. The maximum Gasteiger partial charge on any atom is 0.223 e. The maximum absolute atomic E-state index is 11.7. The molecule has 0 aromatic carbocycles. The molecule has 1 saturated carbocycles. The van der Waals surface area contributed by atoms with Crippen LogP contribution in [0.2, 0.25) is 0 Å². The molecule has 3 nitrogen and oxygen atoms in total. The van der Waals surface area contributed by atoms with Crippen molar-refractivity contribution in [3.8, 4) is 0 Å². The second kappa shape index (κ2) is 5.15. The number of rotatable bonds is 6. The molecule has 1 amide bonds. The van der Waals surface area contributed by atoms with Gasteiger partial charge >= 0.3 is 0 Å². The van der Waals surface area contributed by atoms with Crippen molar-refractivity contribution in [1.29, 1.82) is 0 Å². The molecule has 1 N–H and O–H groups in total. The smallest absolute Gasteiger partial charge is 0.223 e. The molecule has 0 radical (unpaired) electrons. The van der Waals surface area contributed by atoms with Crippen molar-refractivity contribution >= 4 is 5.91 Å². The van der Waals surface area contributed by atoms with E-state index in [4.69, 9.17) is 5.11 Å². The van der Waals surface area contributed by atoms with Gasteiger partial charge in [-0.25, -0.2) is 0 Å². The number of carbonyl (C=O) groups excluding carboxylic acids is 1. The Hall–Kier alpha value is -0.830. The second-order valence-corrected chi connectivity index (χ2v) is 3.95. The molecule has 0 heterocycles. The van der Waals surface area contributed by atoms with Crippen LogP contribution in [0.25, 0.3) is 0 Å². The minimum atomic E-state index is -0.385. The summed E-state index contributed by atoms with van der Waals surface area (Å²) < 4.78 is 0. The van der Waals surface area contributed by atoms with Gasteiger partial charge in [-0.15, -0.1) is 6.58 Å². The van der Waals surface area contributed by atoms with Crippen LogP contribution in [0.3, 0.4) is 0 Å². The van der Waals surface area contributed by atoms with Gasteiger partial charge in [0.2, 0.25) is 5.91 Å². The van der Waals surface area contributed by atoms with Crippen molar-refractivity contribution in [1.82, 2.24) is 4.90 Å². The van der Waals surface area contributed by atoms with E-state index < -0.39 is 0 Å². The predicted octanol–water partition coefficient (Wildman–Crippen LogP) is 1.32. The Morgan fingerprint density at radius 2 is 2.36 bits per heavy atom. The molecule has 0 aromatic heterocycles. The molecule has 0 aromatic rings. The van der Waals surface area contributed by atoms with Crippen molar-refractivity contribution < 1.29 is 9.90 Å². The summed E-state index contributed by atoms with van der Waals surface area (Å²) in [5.41, 5.74) is 0. The van der Waals surface area contributed by atoms with E-state index in [-0.39, 0.29) is 12.0 Å². The molecule has 0 saturated heterocycles. The summed E-state index contributed by atoms with van der Waals surface area (Å²) in [5, 5.41) is 9.08. The lowest BCUT2D eigenvalue weighted by atomic mass is 10.2. The van der Waals surface area contributed by atoms with E-state index in [0.717, 1.165) is 12.8 Å². The van der Waals surface area contributed by atoms with Gasteiger partial charge < -0.3 is 10.0 Å². The predicted molar refractivity (Wildman–Crippen MR) is 55.8 cm³/mol. The van der Waals surface area contributed by atoms with Gasteiger partial charge in [0, 0.05) is 19.0 Å². The third kappa shape index (κ3) is 3.50. The highest BCUT2D eigenvalue weighted by atomic mass is 16.3. The highest BCUT2D eigenvalue weighted by Gasteiger charge is 2.31. The molecule has 14 heavy (non-hydrogen) atoms. The van der Waals surface area contributed by atoms with Crippen molar-refractivity contribution in [2.24, 2.45) is 0 Å². The molecular weight excluding hydrogens is 178 g/mol. The van der Waals surface area contributed by atoms with Crippen LogP contribution in [0, 0.1) is 0 Å². The van der Waals surface area contributed by atoms with E-state index in [2.05, 4.69) is 6.58 Å². The topological polar surface area (TPSA) is 40.5 Å². The molecule has 0 aliphatic heterocycles. The summed E-state index contributed by atoms with van der Waals surface area (Å²) >= 11 is 0. The van der Waals surface area contributed by atoms with E-state index in [1.54, 1.807) is 13.0 Å². The lowest BCUT2D eigenvalue weighted by molar-refractivity contribution is -0.131. The van der Waals surface area contributed by atoms with Crippen LogP contribution in [-0.4, -0.2) is 34.6 Å². The first kappa shape index (κ1) is 11.2. The zero-order chi connectivity index (χ0) is 10.6. The monoisotopic (exact) mass is 197 g/mol. The Bertz CT molecular complexity index is 209. The summed E-state index contributed by atoms with van der Waals surface area (Å²) in [5.74, 6) is 0.147. The number of carbonyl (C=O) groups is 1. The van der Waals surface area contributed by atoms with Crippen molar-refractivity contribution in [3.05, 3.63) is 12.7 Å². The first-order chi connectivity index (χ1) is 6.65. The molecule has 3 heteroatoms. The average molecular weight is 197 g/mol. The van der Waals surface area contributed by atoms with Gasteiger partial charge in [-0.2, -0.15) is 0 Å². The van der Waals surface area contributed by atoms with Crippen molar-refractivity contribution in [3.63, 3.8) is 0 Å². The van der Waals surface area contributed by atoms with E-state index in [0.29, 0.717) is 25.4 Å². The number of amides is 1. The molecule has 80 valence electrons. The molecule has 1 aliphatic rings. The maximum atomic E-state index is 11.7. The Kier molecular flexibility index (Phi) is 4.14. The first-order valence-electron chi connectivity index (χ1n) is 5.23. The van der Waals surface area contributed by atoms with Crippen LogP contribution in [-0.2, 0) is 4.79 Å².